The SMILES string of the molecule is c1ccc(Nc2cccc3c2Oc2ccccc2C32c3ccccc3-c3c2ccc2ccccc32)cc1. The lowest BCUT2D eigenvalue weighted by Gasteiger charge is -2.40. The molecule has 1 N–H and O–H groups in total. The summed E-state index contributed by atoms with van der Waals surface area (Å²) in [6.07, 6.45) is 0. The van der Waals surface area contributed by atoms with Gasteiger partial charge in [0.05, 0.1) is 11.1 Å². The Balaban J connectivity index is 1.50. The molecule has 1 unspecified atom stereocenters. The molecule has 0 saturated carbocycles. The van der Waals surface area contributed by atoms with Gasteiger partial charge in [0.25, 0.3) is 0 Å². The lowest BCUT2D eigenvalue weighted by atomic mass is 9.66. The maximum Gasteiger partial charge on any atom is 0.155 e. The highest BCUT2D eigenvalue weighted by atomic mass is 16.5. The summed E-state index contributed by atoms with van der Waals surface area (Å²) < 4.78 is 6.72. The van der Waals surface area contributed by atoms with Crippen LogP contribution in [0.1, 0.15) is 22.3 Å². The molecule has 0 saturated heterocycles. The van der Waals surface area contributed by atoms with Crippen molar-refractivity contribution in [3.8, 4) is 22.6 Å². The Bertz CT molecular complexity index is 1840. The summed E-state index contributed by atoms with van der Waals surface area (Å²) in [6.45, 7) is 0. The molecular weight excluding hydrogens is 450 g/mol. The number of anilines is 2. The van der Waals surface area contributed by atoms with Gasteiger partial charge < -0.3 is 10.1 Å². The molecule has 1 aliphatic heterocycles. The van der Waals surface area contributed by atoms with Crippen molar-refractivity contribution >= 4 is 22.1 Å². The first-order chi connectivity index (χ1) is 18.4. The zero-order valence-electron chi connectivity index (χ0n) is 20.1. The number of benzene rings is 6. The van der Waals surface area contributed by atoms with Crippen molar-refractivity contribution in [1.29, 1.82) is 0 Å². The van der Waals surface area contributed by atoms with Crippen LogP contribution in [-0.4, -0.2) is 0 Å². The molecule has 1 aliphatic carbocycles. The Morgan fingerprint density at radius 2 is 1.24 bits per heavy atom. The zero-order valence-corrected chi connectivity index (χ0v) is 20.1. The third-order valence-corrected chi connectivity index (χ3v) is 7.91. The number of para-hydroxylation sites is 3. The quantitative estimate of drug-likeness (QED) is 0.270. The predicted molar refractivity (Wildman–Crippen MR) is 151 cm³/mol. The van der Waals surface area contributed by atoms with Crippen molar-refractivity contribution in [3.63, 3.8) is 0 Å². The lowest BCUT2D eigenvalue weighted by Crippen LogP contribution is -2.32. The van der Waals surface area contributed by atoms with E-state index in [-0.39, 0.29) is 0 Å². The molecule has 0 aromatic heterocycles. The highest BCUT2D eigenvalue weighted by Crippen LogP contribution is 2.63. The van der Waals surface area contributed by atoms with Gasteiger partial charge in [-0.25, -0.2) is 0 Å². The van der Waals surface area contributed by atoms with Gasteiger partial charge in [-0.3, -0.25) is 0 Å². The van der Waals surface area contributed by atoms with Gasteiger partial charge in [0, 0.05) is 16.8 Å². The van der Waals surface area contributed by atoms with Gasteiger partial charge in [-0.1, -0.05) is 109 Å². The first-order valence-electron chi connectivity index (χ1n) is 12.7. The van der Waals surface area contributed by atoms with Gasteiger partial charge in [0.1, 0.15) is 5.75 Å². The number of hydrogen-bond acceptors (Lipinski definition) is 2. The number of rotatable bonds is 2. The predicted octanol–water partition coefficient (Wildman–Crippen LogP) is 9.05. The van der Waals surface area contributed by atoms with Gasteiger partial charge in [-0.05, 0) is 57.3 Å². The van der Waals surface area contributed by atoms with Crippen molar-refractivity contribution in [1.82, 2.24) is 0 Å². The standard InChI is InChI=1S/C35H23NO/c1-2-12-24(13-3-1)36-31-19-10-18-30-34(31)37-32-20-9-8-17-28(32)35(30)27-16-7-6-15-26(27)33-25-14-5-4-11-23(25)21-22-29(33)35/h1-22,36H. The van der Waals surface area contributed by atoms with Crippen molar-refractivity contribution in [2.45, 2.75) is 5.41 Å². The molecule has 6 aromatic carbocycles. The number of fused-ring (bicyclic) bond motifs is 11. The summed E-state index contributed by atoms with van der Waals surface area (Å²) >= 11 is 0. The van der Waals surface area contributed by atoms with Crippen molar-refractivity contribution in [2.24, 2.45) is 0 Å². The van der Waals surface area contributed by atoms with Crippen LogP contribution in [-0.2, 0) is 5.41 Å². The highest BCUT2D eigenvalue weighted by Gasteiger charge is 2.51. The molecule has 6 aromatic rings. The van der Waals surface area contributed by atoms with Crippen LogP contribution in [0, 0.1) is 0 Å². The molecule has 1 heterocycles. The van der Waals surface area contributed by atoms with Crippen LogP contribution >= 0.6 is 0 Å². The minimum Gasteiger partial charge on any atom is -0.454 e. The first kappa shape index (κ1) is 20.4. The Morgan fingerprint density at radius 1 is 0.514 bits per heavy atom. The summed E-state index contributed by atoms with van der Waals surface area (Å²) in [5, 5.41) is 6.16. The van der Waals surface area contributed by atoms with E-state index in [1.807, 2.05) is 18.2 Å². The molecule has 1 atom stereocenters. The van der Waals surface area contributed by atoms with E-state index < -0.39 is 5.41 Å². The normalized spacial score (nSPS) is 16.4. The fourth-order valence-electron chi connectivity index (χ4n) is 6.47. The number of ether oxygens (including phenoxy) is 1. The number of hydrogen-bond donors (Lipinski definition) is 1. The molecule has 0 fully saturated rings. The van der Waals surface area contributed by atoms with E-state index in [0.29, 0.717) is 0 Å². The summed E-state index contributed by atoms with van der Waals surface area (Å²) in [5.41, 5.74) is 9.08. The average molecular weight is 474 g/mol. The second-order valence-electron chi connectivity index (χ2n) is 9.78. The molecule has 174 valence electrons. The van der Waals surface area contributed by atoms with Crippen LogP contribution in [0.25, 0.3) is 21.9 Å². The molecule has 2 nitrogen and oxygen atoms in total. The minimum atomic E-state index is -0.478. The van der Waals surface area contributed by atoms with E-state index in [1.54, 1.807) is 0 Å². The zero-order chi connectivity index (χ0) is 24.4. The molecular formula is C35H23NO. The maximum atomic E-state index is 6.72. The second-order valence-corrected chi connectivity index (χ2v) is 9.78. The minimum absolute atomic E-state index is 0.478. The average Bonchev–Trinajstić information content (AvgIpc) is 3.26. The van der Waals surface area contributed by atoms with Gasteiger partial charge >= 0.3 is 0 Å². The van der Waals surface area contributed by atoms with Crippen molar-refractivity contribution < 1.29 is 4.74 Å². The molecule has 0 amide bonds. The third kappa shape index (κ3) is 2.70. The van der Waals surface area contributed by atoms with Crippen molar-refractivity contribution in [3.05, 3.63) is 156 Å². The highest BCUT2D eigenvalue weighted by molar-refractivity contribution is 6.04. The largest absolute Gasteiger partial charge is 0.454 e. The Labute approximate surface area is 215 Å². The summed E-state index contributed by atoms with van der Waals surface area (Å²) in [4.78, 5) is 0. The summed E-state index contributed by atoms with van der Waals surface area (Å²) in [7, 11) is 0. The van der Waals surface area contributed by atoms with Gasteiger partial charge in [-0.2, -0.15) is 0 Å². The van der Waals surface area contributed by atoms with Gasteiger partial charge in [-0.15, -0.1) is 0 Å². The van der Waals surface area contributed by atoms with E-state index >= 15 is 0 Å². The maximum absolute atomic E-state index is 6.72. The Hall–Kier alpha value is -4.82. The summed E-state index contributed by atoms with van der Waals surface area (Å²) in [6, 6.07) is 47.5. The Morgan fingerprint density at radius 3 is 2.16 bits per heavy atom. The van der Waals surface area contributed by atoms with Gasteiger partial charge in [0.15, 0.2) is 5.75 Å². The fraction of sp³-hybridized carbons (Fsp3) is 0.0286. The third-order valence-electron chi connectivity index (χ3n) is 7.91. The molecule has 0 bridgehead atoms. The van der Waals surface area contributed by atoms with Crippen LogP contribution in [0.15, 0.2) is 133 Å². The van der Waals surface area contributed by atoms with E-state index in [2.05, 4.69) is 121 Å². The molecule has 2 heteroatoms. The lowest BCUT2D eigenvalue weighted by molar-refractivity contribution is 0.438. The Kier molecular flexibility index (Phi) is 4.18. The first-order valence-corrected chi connectivity index (χ1v) is 12.7. The monoisotopic (exact) mass is 473 g/mol. The molecule has 1 spiro atoms. The van der Waals surface area contributed by atoms with Crippen LogP contribution in [0.4, 0.5) is 11.4 Å². The number of nitrogens with one attached hydrogen (secondary N) is 1. The van der Waals surface area contributed by atoms with Gasteiger partial charge in [0.2, 0.25) is 0 Å². The van der Waals surface area contributed by atoms with E-state index in [9.17, 15) is 0 Å². The fourth-order valence-corrected chi connectivity index (χ4v) is 6.47. The molecule has 2 aliphatic rings. The van der Waals surface area contributed by atoms with Crippen LogP contribution in [0.5, 0.6) is 11.5 Å². The van der Waals surface area contributed by atoms with Crippen LogP contribution in [0.3, 0.4) is 0 Å². The summed E-state index contributed by atoms with van der Waals surface area (Å²) in [5.74, 6) is 1.77. The van der Waals surface area contributed by atoms with Crippen LogP contribution < -0.4 is 10.1 Å². The molecule has 0 radical (unpaired) electrons. The smallest absolute Gasteiger partial charge is 0.155 e. The van der Waals surface area contributed by atoms with E-state index in [1.165, 1.54) is 38.6 Å². The molecule has 37 heavy (non-hydrogen) atoms. The van der Waals surface area contributed by atoms with E-state index in [0.717, 1.165) is 28.4 Å². The van der Waals surface area contributed by atoms with Crippen molar-refractivity contribution in [2.75, 3.05) is 5.32 Å². The second kappa shape index (κ2) is 7.59. The topological polar surface area (TPSA) is 21.3 Å². The van der Waals surface area contributed by atoms with Crippen LogP contribution in [0.2, 0.25) is 0 Å². The molecule has 8 rings (SSSR count). The van der Waals surface area contributed by atoms with E-state index in [4.69, 9.17) is 4.74 Å².